The Labute approximate surface area is 133 Å². The zero-order valence-corrected chi connectivity index (χ0v) is 13.4. The Morgan fingerprint density at radius 2 is 1.95 bits per heavy atom. The van der Waals surface area contributed by atoms with E-state index in [1.807, 2.05) is 0 Å². The highest BCUT2D eigenvalue weighted by atomic mass is 35.5. The smallest absolute Gasteiger partial charge is 0.339 e. The van der Waals surface area contributed by atoms with E-state index in [2.05, 4.69) is 4.98 Å². The fraction of sp³-hybridized carbons (Fsp3) is 0.200. The molecule has 0 radical (unpaired) electrons. The third kappa shape index (κ3) is 3.84. The number of hydrogen-bond donors (Lipinski definition) is 0. The maximum atomic E-state index is 12.1. The number of carbonyl (C=O) groups is 1. The van der Waals surface area contributed by atoms with Crippen LogP contribution in [-0.2, 0) is 21.2 Å². The number of sulfone groups is 1. The van der Waals surface area contributed by atoms with E-state index in [-0.39, 0.29) is 22.8 Å². The van der Waals surface area contributed by atoms with Crippen molar-refractivity contribution in [3.05, 3.63) is 58.9 Å². The first-order valence-electron chi connectivity index (χ1n) is 6.53. The molecule has 1 aromatic heterocycles. The van der Waals surface area contributed by atoms with E-state index in [1.165, 1.54) is 25.3 Å². The maximum absolute atomic E-state index is 12.1. The molecule has 22 heavy (non-hydrogen) atoms. The summed E-state index contributed by atoms with van der Waals surface area (Å²) >= 11 is 5.67. The van der Waals surface area contributed by atoms with Crippen LogP contribution in [0.3, 0.4) is 0 Å². The molecule has 0 aliphatic heterocycles. The molecule has 2 aromatic rings. The Balaban J connectivity index is 2.18. The van der Waals surface area contributed by atoms with Gasteiger partial charge in [0.25, 0.3) is 0 Å². The second-order valence-electron chi connectivity index (χ2n) is 4.46. The van der Waals surface area contributed by atoms with E-state index in [9.17, 15) is 13.2 Å². The van der Waals surface area contributed by atoms with Gasteiger partial charge in [0, 0.05) is 11.8 Å². The molecule has 0 spiro atoms. The maximum Gasteiger partial charge on any atom is 0.339 e. The average Bonchev–Trinajstić information content (AvgIpc) is 2.54. The van der Waals surface area contributed by atoms with Gasteiger partial charge in [-0.3, -0.25) is 0 Å². The molecule has 0 aliphatic carbocycles. The van der Waals surface area contributed by atoms with Crippen molar-refractivity contribution in [2.75, 3.05) is 5.75 Å². The SMILES string of the molecule is CCS(=O)(=O)c1ccccc1C(=O)OCc1ccc(Cl)nc1. The predicted molar refractivity (Wildman–Crippen MR) is 82.5 cm³/mol. The first-order valence-corrected chi connectivity index (χ1v) is 8.56. The van der Waals surface area contributed by atoms with Gasteiger partial charge in [0.05, 0.1) is 16.2 Å². The summed E-state index contributed by atoms with van der Waals surface area (Å²) in [7, 11) is -3.49. The van der Waals surface area contributed by atoms with Crippen molar-refractivity contribution in [1.29, 1.82) is 0 Å². The predicted octanol–water partition coefficient (Wildman–Crippen LogP) is 2.89. The Kier molecular flexibility index (Phi) is 5.15. The molecular weight excluding hydrogens is 326 g/mol. The Morgan fingerprint density at radius 1 is 1.23 bits per heavy atom. The summed E-state index contributed by atoms with van der Waals surface area (Å²) in [5.74, 6) is -0.777. The highest BCUT2D eigenvalue weighted by Crippen LogP contribution is 2.18. The first kappa shape index (κ1) is 16.5. The van der Waals surface area contributed by atoms with E-state index >= 15 is 0 Å². The quantitative estimate of drug-likeness (QED) is 0.618. The van der Waals surface area contributed by atoms with Gasteiger partial charge in [0.2, 0.25) is 0 Å². The third-order valence-corrected chi connectivity index (χ3v) is 4.99. The number of halogens is 1. The molecular formula is C15H14ClNO4S. The second kappa shape index (κ2) is 6.89. The summed E-state index contributed by atoms with van der Waals surface area (Å²) in [6.45, 7) is 1.51. The van der Waals surface area contributed by atoms with Crippen LogP contribution in [0.15, 0.2) is 47.5 Å². The second-order valence-corrected chi connectivity index (χ2v) is 7.10. The van der Waals surface area contributed by atoms with Crippen LogP contribution in [0, 0.1) is 0 Å². The van der Waals surface area contributed by atoms with Gasteiger partial charge in [-0.1, -0.05) is 36.7 Å². The Morgan fingerprint density at radius 3 is 2.59 bits per heavy atom. The summed E-state index contributed by atoms with van der Waals surface area (Å²) in [6.07, 6.45) is 1.49. The summed E-state index contributed by atoms with van der Waals surface area (Å²) in [5.41, 5.74) is 0.694. The van der Waals surface area contributed by atoms with Crippen LogP contribution < -0.4 is 0 Å². The molecule has 0 atom stereocenters. The van der Waals surface area contributed by atoms with Crippen LogP contribution >= 0.6 is 11.6 Å². The van der Waals surface area contributed by atoms with Crippen molar-refractivity contribution in [2.45, 2.75) is 18.4 Å². The van der Waals surface area contributed by atoms with E-state index in [1.54, 1.807) is 24.3 Å². The van der Waals surface area contributed by atoms with Gasteiger partial charge in [0.15, 0.2) is 9.84 Å². The van der Waals surface area contributed by atoms with Crippen LogP contribution in [0.25, 0.3) is 0 Å². The molecule has 5 nitrogen and oxygen atoms in total. The van der Waals surface area contributed by atoms with Gasteiger partial charge in [-0.25, -0.2) is 18.2 Å². The zero-order valence-electron chi connectivity index (χ0n) is 11.8. The van der Waals surface area contributed by atoms with Crippen molar-refractivity contribution in [2.24, 2.45) is 0 Å². The molecule has 0 fully saturated rings. The lowest BCUT2D eigenvalue weighted by molar-refractivity contribution is 0.0468. The topological polar surface area (TPSA) is 73.3 Å². The normalized spacial score (nSPS) is 11.2. The average molecular weight is 340 g/mol. The van der Waals surface area contributed by atoms with E-state index < -0.39 is 15.8 Å². The minimum atomic E-state index is -3.49. The minimum Gasteiger partial charge on any atom is -0.457 e. The number of carbonyl (C=O) groups excluding carboxylic acids is 1. The van der Waals surface area contributed by atoms with Gasteiger partial charge in [0.1, 0.15) is 11.8 Å². The van der Waals surface area contributed by atoms with Gasteiger partial charge in [-0.05, 0) is 18.2 Å². The fourth-order valence-electron chi connectivity index (χ4n) is 1.78. The monoisotopic (exact) mass is 339 g/mol. The zero-order chi connectivity index (χ0) is 16.2. The van der Waals surface area contributed by atoms with Crippen molar-refractivity contribution in [3.63, 3.8) is 0 Å². The summed E-state index contributed by atoms with van der Waals surface area (Å²) in [4.78, 5) is 16.0. The lowest BCUT2D eigenvalue weighted by atomic mass is 10.2. The van der Waals surface area contributed by atoms with Crippen LogP contribution in [0.4, 0.5) is 0 Å². The Bertz CT molecular complexity index is 772. The molecule has 0 unspecified atom stereocenters. The number of hydrogen-bond acceptors (Lipinski definition) is 5. The standard InChI is InChI=1S/C15H14ClNO4S/c1-2-22(19,20)13-6-4-3-5-12(13)15(18)21-10-11-7-8-14(16)17-9-11/h3-9H,2,10H2,1H3. The molecule has 116 valence electrons. The molecule has 0 N–H and O–H groups in total. The number of pyridine rings is 1. The molecule has 1 heterocycles. The van der Waals surface area contributed by atoms with Crippen molar-refractivity contribution < 1.29 is 17.9 Å². The highest BCUT2D eigenvalue weighted by molar-refractivity contribution is 7.91. The number of benzene rings is 1. The molecule has 0 saturated heterocycles. The largest absolute Gasteiger partial charge is 0.457 e. The molecule has 2 rings (SSSR count). The molecule has 0 bridgehead atoms. The number of rotatable bonds is 5. The lowest BCUT2D eigenvalue weighted by Gasteiger charge is -2.09. The van der Waals surface area contributed by atoms with Gasteiger partial charge in [-0.2, -0.15) is 0 Å². The highest BCUT2D eigenvalue weighted by Gasteiger charge is 2.21. The third-order valence-electron chi connectivity index (χ3n) is 2.98. The lowest BCUT2D eigenvalue weighted by Crippen LogP contribution is -2.13. The van der Waals surface area contributed by atoms with Crippen molar-refractivity contribution in [1.82, 2.24) is 4.98 Å². The molecule has 7 heteroatoms. The van der Waals surface area contributed by atoms with Crippen LogP contribution in [0.1, 0.15) is 22.8 Å². The number of aromatic nitrogens is 1. The van der Waals surface area contributed by atoms with Crippen LogP contribution in [-0.4, -0.2) is 25.1 Å². The van der Waals surface area contributed by atoms with Crippen molar-refractivity contribution >= 4 is 27.4 Å². The fourth-order valence-corrected chi connectivity index (χ4v) is 2.98. The number of esters is 1. The molecule has 0 amide bonds. The van der Waals surface area contributed by atoms with Gasteiger partial charge >= 0.3 is 5.97 Å². The molecule has 0 saturated carbocycles. The van der Waals surface area contributed by atoms with Gasteiger partial charge in [-0.15, -0.1) is 0 Å². The van der Waals surface area contributed by atoms with E-state index in [0.29, 0.717) is 10.7 Å². The summed E-state index contributed by atoms with van der Waals surface area (Å²) in [6, 6.07) is 9.26. The first-order chi connectivity index (χ1) is 10.4. The molecule has 0 aliphatic rings. The minimum absolute atomic E-state index is 0.0104. The number of nitrogens with zero attached hydrogens (tertiary/aromatic N) is 1. The van der Waals surface area contributed by atoms with Gasteiger partial charge < -0.3 is 4.74 Å². The van der Waals surface area contributed by atoms with Crippen LogP contribution in [0.2, 0.25) is 5.15 Å². The summed E-state index contributed by atoms with van der Waals surface area (Å²) in [5, 5.41) is 0.342. The van der Waals surface area contributed by atoms with E-state index in [0.717, 1.165) is 0 Å². The van der Waals surface area contributed by atoms with Crippen molar-refractivity contribution in [3.8, 4) is 0 Å². The summed E-state index contributed by atoms with van der Waals surface area (Å²) < 4.78 is 29.2. The molecule has 1 aromatic carbocycles. The number of ether oxygens (including phenoxy) is 1. The van der Waals surface area contributed by atoms with Crippen LogP contribution in [0.5, 0.6) is 0 Å². The van der Waals surface area contributed by atoms with E-state index in [4.69, 9.17) is 16.3 Å². The Hall–Kier alpha value is -1.92.